The predicted octanol–water partition coefficient (Wildman–Crippen LogP) is 1.78. The van der Waals surface area contributed by atoms with E-state index in [0.717, 1.165) is 19.5 Å². The van der Waals surface area contributed by atoms with Crippen LogP contribution in [0.25, 0.3) is 0 Å². The quantitative estimate of drug-likeness (QED) is 0.845. The van der Waals surface area contributed by atoms with E-state index in [1.54, 1.807) is 11.3 Å². The first-order valence-electron chi connectivity index (χ1n) is 7.62. The summed E-state index contributed by atoms with van der Waals surface area (Å²) in [6.45, 7) is 2.58. The van der Waals surface area contributed by atoms with Gasteiger partial charge in [0.25, 0.3) is 0 Å². The van der Waals surface area contributed by atoms with Crippen molar-refractivity contribution in [1.29, 1.82) is 0 Å². The normalized spacial score (nSPS) is 15.0. The first-order valence-corrected chi connectivity index (χ1v) is 10.0. The molecule has 0 bridgehead atoms. The molecule has 3 N–H and O–H groups in total. The number of nitrogens with two attached hydrogens (primary N) is 1. The molecule has 1 aliphatic rings. The Bertz CT molecular complexity index is 829. The lowest BCUT2D eigenvalue weighted by Crippen LogP contribution is -2.32. The minimum Gasteiger partial charge on any atom is -0.326 e. The molecule has 24 heavy (non-hydrogen) atoms. The van der Waals surface area contributed by atoms with Gasteiger partial charge in [-0.15, -0.1) is 11.3 Å². The molecule has 0 atom stereocenters. The highest BCUT2D eigenvalue weighted by Crippen LogP contribution is 2.24. The van der Waals surface area contributed by atoms with Crippen LogP contribution in [0.3, 0.4) is 0 Å². The van der Waals surface area contributed by atoms with Crippen LogP contribution in [0, 0.1) is 0 Å². The van der Waals surface area contributed by atoms with Crippen LogP contribution in [0.1, 0.15) is 16.9 Å². The molecule has 6 nitrogen and oxygen atoms in total. The second kappa shape index (κ2) is 7.02. The van der Waals surface area contributed by atoms with E-state index in [0.29, 0.717) is 18.7 Å². The van der Waals surface area contributed by atoms with Crippen molar-refractivity contribution in [3.63, 3.8) is 0 Å². The van der Waals surface area contributed by atoms with E-state index in [9.17, 15) is 13.2 Å². The van der Waals surface area contributed by atoms with Gasteiger partial charge in [0.1, 0.15) is 0 Å². The molecule has 0 saturated heterocycles. The summed E-state index contributed by atoms with van der Waals surface area (Å²) in [5.41, 5.74) is 1.93. The Morgan fingerprint density at radius 2 is 2.00 bits per heavy atom. The molecule has 2 aromatic rings. The van der Waals surface area contributed by atoms with Gasteiger partial charge in [0, 0.05) is 36.6 Å². The summed E-state index contributed by atoms with van der Waals surface area (Å²) in [4.78, 5) is 15.8. The molecule has 1 amide bonds. The van der Waals surface area contributed by atoms with Gasteiger partial charge in [-0.25, -0.2) is 13.6 Å². The van der Waals surface area contributed by atoms with E-state index in [1.165, 1.54) is 34.7 Å². The Hall–Kier alpha value is -1.74. The number of amides is 1. The van der Waals surface area contributed by atoms with Gasteiger partial charge in [-0.1, -0.05) is 0 Å². The zero-order valence-electron chi connectivity index (χ0n) is 13.1. The van der Waals surface area contributed by atoms with Gasteiger partial charge in [0.05, 0.1) is 4.90 Å². The fraction of sp³-hybridized carbons (Fsp3) is 0.312. The lowest BCUT2D eigenvalue weighted by molar-refractivity contribution is -0.116. The third-order valence-corrected chi connectivity index (χ3v) is 5.96. The number of sulfonamides is 1. The standard InChI is InChI=1S/C16H19N3O3S2/c17-24(21,22)14-3-1-13(2-4-14)18-16(20)6-9-19-8-5-15-12(11-19)7-10-23-15/h1-4,7,10H,5-6,8-9,11H2,(H,18,20)(H2,17,21,22). The molecular weight excluding hydrogens is 346 g/mol. The molecule has 0 saturated carbocycles. The van der Waals surface area contributed by atoms with Gasteiger partial charge in [0.15, 0.2) is 0 Å². The number of nitrogens with zero attached hydrogens (tertiary/aromatic N) is 1. The first kappa shape index (κ1) is 17.1. The van der Waals surface area contributed by atoms with Crippen molar-refractivity contribution in [3.8, 4) is 0 Å². The van der Waals surface area contributed by atoms with Crippen molar-refractivity contribution >= 4 is 33.0 Å². The lowest BCUT2D eigenvalue weighted by atomic mass is 10.1. The number of fused-ring (bicyclic) bond motifs is 1. The molecule has 0 aliphatic carbocycles. The number of rotatable bonds is 5. The molecular formula is C16H19N3O3S2. The molecule has 1 aromatic heterocycles. The second-order valence-corrected chi connectivity index (χ2v) is 8.32. The third-order valence-electron chi connectivity index (χ3n) is 4.01. The van der Waals surface area contributed by atoms with E-state index < -0.39 is 10.0 Å². The smallest absolute Gasteiger partial charge is 0.238 e. The molecule has 1 aliphatic heterocycles. The summed E-state index contributed by atoms with van der Waals surface area (Å²) < 4.78 is 22.4. The monoisotopic (exact) mass is 365 g/mol. The highest BCUT2D eigenvalue weighted by atomic mass is 32.2. The molecule has 3 rings (SSSR count). The summed E-state index contributed by atoms with van der Waals surface area (Å²) in [5.74, 6) is -0.0885. The molecule has 1 aromatic carbocycles. The number of benzene rings is 1. The van der Waals surface area contributed by atoms with Crippen molar-refractivity contribution < 1.29 is 13.2 Å². The minimum atomic E-state index is -3.71. The van der Waals surface area contributed by atoms with Crippen LogP contribution in [-0.2, 0) is 27.8 Å². The lowest BCUT2D eigenvalue weighted by Gasteiger charge is -2.26. The molecule has 0 fully saturated rings. The number of primary sulfonamides is 1. The summed E-state index contributed by atoms with van der Waals surface area (Å²) in [7, 11) is -3.71. The Morgan fingerprint density at radius 3 is 2.71 bits per heavy atom. The van der Waals surface area contributed by atoms with E-state index in [1.807, 2.05) is 0 Å². The maximum atomic E-state index is 12.1. The number of thiophene rings is 1. The fourth-order valence-electron chi connectivity index (χ4n) is 2.71. The van der Waals surface area contributed by atoms with E-state index in [4.69, 9.17) is 5.14 Å². The maximum Gasteiger partial charge on any atom is 0.238 e. The largest absolute Gasteiger partial charge is 0.326 e. The van der Waals surface area contributed by atoms with Gasteiger partial charge in [-0.3, -0.25) is 9.69 Å². The van der Waals surface area contributed by atoms with Crippen LogP contribution in [0.5, 0.6) is 0 Å². The number of anilines is 1. The van der Waals surface area contributed by atoms with Crippen LogP contribution in [0.15, 0.2) is 40.6 Å². The summed E-state index contributed by atoms with van der Waals surface area (Å²) in [5, 5.41) is 9.94. The minimum absolute atomic E-state index is 0.0281. The molecule has 128 valence electrons. The molecule has 8 heteroatoms. The van der Waals surface area contributed by atoms with Crippen molar-refractivity contribution in [1.82, 2.24) is 4.90 Å². The SMILES string of the molecule is NS(=O)(=O)c1ccc(NC(=O)CCN2CCc3sccc3C2)cc1. The number of carbonyl (C=O) groups excluding carboxylic acids is 1. The van der Waals surface area contributed by atoms with Gasteiger partial charge >= 0.3 is 0 Å². The Labute approximate surface area is 145 Å². The van der Waals surface area contributed by atoms with Crippen LogP contribution in [0.2, 0.25) is 0 Å². The number of hydrogen-bond donors (Lipinski definition) is 2. The fourth-order valence-corrected chi connectivity index (χ4v) is 4.11. The van der Waals surface area contributed by atoms with Crippen molar-refractivity contribution in [3.05, 3.63) is 46.2 Å². The average Bonchev–Trinajstić information content (AvgIpc) is 3.00. The molecule has 0 unspecified atom stereocenters. The number of carbonyl (C=O) groups is 1. The average molecular weight is 365 g/mol. The highest BCUT2D eigenvalue weighted by Gasteiger charge is 2.17. The Balaban J connectivity index is 1.49. The highest BCUT2D eigenvalue weighted by molar-refractivity contribution is 7.89. The van der Waals surface area contributed by atoms with Crippen LogP contribution in [0.4, 0.5) is 5.69 Å². The van der Waals surface area contributed by atoms with Crippen LogP contribution >= 0.6 is 11.3 Å². The summed E-state index contributed by atoms with van der Waals surface area (Å²) in [6, 6.07) is 7.99. The van der Waals surface area contributed by atoms with Gasteiger partial charge < -0.3 is 5.32 Å². The van der Waals surface area contributed by atoms with Gasteiger partial charge in [-0.2, -0.15) is 0 Å². The van der Waals surface area contributed by atoms with E-state index >= 15 is 0 Å². The zero-order valence-corrected chi connectivity index (χ0v) is 14.7. The first-order chi connectivity index (χ1) is 11.4. The van der Waals surface area contributed by atoms with E-state index in [-0.39, 0.29) is 10.8 Å². The topological polar surface area (TPSA) is 92.5 Å². The third kappa shape index (κ3) is 4.21. The van der Waals surface area contributed by atoms with Crippen LogP contribution in [-0.4, -0.2) is 32.3 Å². The van der Waals surface area contributed by atoms with Gasteiger partial charge in [0.2, 0.25) is 15.9 Å². The van der Waals surface area contributed by atoms with Crippen LogP contribution < -0.4 is 10.5 Å². The molecule has 0 radical (unpaired) electrons. The second-order valence-electron chi connectivity index (χ2n) is 5.76. The number of hydrogen-bond acceptors (Lipinski definition) is 5. The van der Waals surface area contributed by atoms with Crippen molar-refractivity contribution in [2.45, 2.75) is 24.3 Å². The van der Waals surface area contributed by atoms with Crippen molar-refractivity contribution in [2.75, 3.05) is 18.4 Å². The Kier molecular flexibility index (Phi) is 5.00. The summed E-state index contributed by atoms with van der Waals surface area (Å²) in [6.07, 6.45) is 1.44. The number of nitrogens with one attached hydrogen (secondary N) is 1. The van der Waals surface area contributed by atoms with Crippen molar-refractivity contribution in [2.24, 2.45) is 5.14 Å². The predicted molar refractivity (Wildman–Crippen MR) is 94.4 cm³/mol. The maximum absolute atomic E-state index is 12.1. The molecule has 2 heterocycles. The van der Waals surface area contributed by atoms with Gasteiger partial charge in [-0.05, 0) is 47.7 Å². The summed E-state index contributed by atoms with van der Waals surface area (Å²) >= 11 is 1.80. The molecule has 0 spiro atoms. The van der Waals surface area contributed by atoms with E-state index in [2.05, 4.69) is 21.7 Å². The Morgan fingerprint density at radius 1 is 1.25 bits per heavy atom. The zero-order chi connectivity index (χ0) is 17.2.